The van der Waals surface area contributed by atoms with Crippen LogP contribution < -0.4 is 4.90 Å². The minimum absolute atomic E-state index is 0.0402. The number of ketones is 1. The zero-order valence-electron chi connectivity index (χ0n) is 25.7. The van der Waals surface area contributed by atoms with Crippen LogP contribution in [0.2, 0.25) is 18.1 Å². The number of rotatable bonds is 8. The van der Waals surface area contributed by atoms with E-state index in [1.54, 1.807) is 4.90 Å². The van der Waals surface area contributed by atoms with Crippen LogP contribution in [-0.4, -0.2) is 49.4 Å². The van der Waals surface area contributed by atoms with E-state index in [0.29, 0.717) is 62.2 Å². The second-order valence-electron chi connectivity index (χ2n) is 14.4. The molecule has 0 unspecified atom stereocenters. The van der Waals surface area contributed by atoms with Gasteiger partial charge in [0.05, 0.1) is 10.6 Å². The van der Waals surface area contributed by atoms with E-state index in [1.165, 1.54) is 6.07 Å². The van der Waals surface area contributed by atoms with Crippen LogP contribution in [0, 0.1) is 17.3 Å². The first kappa shape index (κ1) is 33.2. The second-order valence-corrected chi connectivity index (χ2v) is 20.2. The van der Waals surface area contributed by atoms with Gasteiger partial charge in [0.2, 0.25) is 5.91 Å². The van der Waals surface area contributed by atoms with Crippen molar-refractivity contribution in [2.24, 2.45) is 17.3 Å². The van der Waals surface area contributed by atoms with Gasteiger partial charge in [-0.25, -0.2) is 4.79 Å². The summed E-state index contributed by atoms with van der Waals surface area (Å²) in [5, 5.41) is 10.2. The molecule has 6 nitrogen and oxygen atoms in total. The van der Waals surface area contributed by atoms with E-state index in [0.717, 1.165) is 12.8 Å². The Morgan fingerprint density at radius 2 is 1.57 bits per heavy atom. The number of alkyl halides is 3. The van der Waals surface area contributed by atoms with Crippen molar-refractivity contribution >= 4 is 43.0 Å². The molecule has 236 valence electrons. The highest BCUT2D eigenvalue weighted by Crippen LogP contribution is 2.56. The van der Waals surface area contributed by atoms with Crippen molar-refractivity contribution in [1.29, 1.82) is 0 Å². The molecular weight excluding hydrogens is 583 g/mol. The third kappa shape index (κ3) is 6.38. The van der Waals surface area contributed by atoms with E-state index < -0.39 is 31.7 Å². The third-order valence-electron chi connectivity index (χ3n) is 10.5. The summed E-state index contributed by atoms with van der Waals surface area (Å²) in [5.41, 5.74) is -2.40. The number of aromatic carboxylic acids is 1. The molecule has 42 heavy (non-hydrogen) atoms. The fourth-order valence-electron chi connectivity index (χ4n) is 6.44. The smallest absolute Gasteiger partial charge is 0.401 e. The number of thiophene rings is 1. The molecule has 0 spiro atoms. The molecule has 0 aromatic carbocycles. The van der Waals surface area contributed by atoms with Crippen molar-refractivity contribution in [1.82, 2.24) is 0 Å². The normalized spacial score (nSPS) is 26.8. The molecule has 1 amide bonds. The molecule has 1 aromatic rings. The molecule has 1 N–H and O–H groups in total. The van der Waals surface area contributed by atoms with Gasteiger partial charge >= 0.3 is 12.1 Å². The van der Waals surface area contributed by atoms with Crippen LogP contribution >= 0.6 is 11.3 Å². The molecule has 0 aliphatic heterocycles. The summed E-state index contributed by atoms with van der Waals surface area (Å²) < 4.78 is 48.7. The van der Waals surface area contributed by atoms with Crippen molar-refractivity contribution in [3.8, 4) is 0 Å². The Morgan fingerprint density at radius 3 is 2.02 bits per heavy atom. The molecule has 11 heteroatoms. The van der Waals surface area contributed by atoms with Crippen LogP contribution in [-0.2, 0) is 9.22 Å². The molecule has 3 aliphatic rings. The van der Waals surface area contributed by atoms with E-state index in [2.05, 4.69) is 40.8 Å². The first-order valence-electron chi connectivity index (χ1n) is 15.4. The Balaban J connectivity index is 1.67. The third-order valence-corrected chi connectivity index (χ3v) is 16.1. The predicted molar refractivity (Wildman–Crippen MR) is 161 cm³/mol. The maximum Gasteiger partial charge on any atom is 0.401 e. The first-order chi connectivity index (χ1) is 19.4. The average Bonchev–Trinajstić information content (AvgIpc) is 3.28. The van der Waals surface area contributed by atoms with Crippen LogP contribution in [0.15, 0.2) is 6.07 Å². The second kappa shape index (κ2) is 12.0. The summed E-state index contributed by atoms with van der Waals surface area (Å²) in [6, 6.07) is 0.955. The van der Waals surface area contributed by atoms with E-state index >= 15 is 0 Å². The van der Waals surface area contributed by atoms with Gasteiger partial charge in [0.25, 0.3) is 0 Å². The van der Waals surface area contributed by atoms with Crippen molar-refractivity contribution < 1.29 is 37.1 Å². The molecule has 0 atom stereocenters. The van der Waals surface area contributed by atoms with E-state index in [-0.39, 0.29) is 57.3 Å². The minimum Gasteiger partial charge on any atom is -0.477 e. The summed E-state index contributed by atoms with van der Waals surface area (Å²) in [4.78, 5) is 41.0. The van der Waals surface area contributed by atoms with Gasteiger partial charge in [0.15, 0.2) is 14.1 Å². The molecule has 3 fully saturated rings. The predicted octanol–water partition coefficient (Wildman–Crippen LogP) is 8.85. The van der Waals surface area contributed by atoms with Gasteiger partial charge in [-0.15, -0.1) is 11.3 Å². The molecule has 0 bridgehead atoms. The maximum atomic E-state index is 14.2. The van der Waals surface area contributed by atoms with Gasteiger partial charge in [-0.2, -0.15) is 13.2 Å². The fourth-order valence-corrected chi connectivity index (χ4v) is 8.89. The van der Waals surface area contributed by atoms with Gasteiger partial charge in [0, 0.05) is 18.1 Å². The number of hydrogen-bond acceptors (Lipinski definition) is 5. The molecule has 3 aliphatic carbocycles. The fraction of sp³-hybridized carbons (Fsp3) is 0.774. The highest BCUT2D eigenvalue weighted by Gasteiger charge is 2.63. The van der Waals surface area contributed by atoms with Crippen molar-refractivity contribution in [2.45, 2.75) is 135 Å². The maximum absolute atomic E-state index is 14.2. The van der Waals surface area contributed by atoms with Crippen molar-refractivity contribution in [2.75, 3.05) is 4.90 Å². The zero-order valence-corrected chi connectivity index (χ0v) is 27.6. The number of Topliss-reactive ketones (excluding diaryl/α,β-unsaturated/α-hetero) is 1. The lowest BCUT2D eigenvalue weighted by molar-refractivity contribution is -0.226. The molecule has 0 radical (unpaired) electrons. The lowest BCUT2D eigenvalue weighted by Crippen LogP contribution is -2.50. The molecule has 3 saturated carbocycles. The highest BCUT2D eigenvalue weighted by molar-refractivity contribution is 7.16. The summed E-state index contributed by atoms with van der Waals surface area (Å²) >= 11 is 0.574. The Bertz CT molecular complexity index is 1170. The summed E-state index contributed by atoms with van der Waals surface area (Å²) in [7, 11) is -2.01. The topological polar surface area (TPSA) is 83.9 Å². The standard InChI is InChI=1S/C31H46F3NO5SSi/c1-19-8-10-20(11-9-19)27(37)35(21-12-14-22(15-13-21)40-42(5,6)29(2,3)4)23-18-24(41-25(23)28(38)39)26(36)30(16-7-17-30)31(32,33)34/h18-22H,7-17H2,1-6H3,(H,38,39). The van der Waals surface area contributed by atoms with Crippen molar-refractivity contribution in [3.05, 3.63) is 15.8 Å². The average molecular weight is 630 g/mol. The number of halogens is 3. The Hall–Kier alpha value is -1.72. The van der Waals surface area contributed by atoms with E-state index in [9.17, 15) is 32.7 Å². The van der Waals surface area contributed by atoms with Gasteiger partial charge in [-0.1, -0.05) is 34.1 Å². The number of nitrogens with zero attached hydrogens (tertiary/aromatic N) is 1. The lowest BCUT2D eigenvalue weighted by atomic mass is 9.65. The monoisotopic (exact) mass is 629 g/mol. The van der Waals surface area contributed by atoms with Gasteiger partial charge in [0.1, 0.15) is 10.3 Å². The van der Waals surface area contributed by atoms with Crippen LogP contribution in [0.1, 0.15) is 118 Å². The van der Waals surface area contributed by atoms with Crippen LogP contribution in [0.3, 0.4) is 0 Å². The highest BCUT2D eigenvalue weighted by atomic mass is 32.1. The Morgan fingerprint density at radius 1 is 1.00 bits per heavy atom. The number of hydrogen-bond donors (Lipinski definition) is 1. The number of carbonyl (C=O) groups is 3. The summed E-state index contributed by atoms with van der Waals surface area (Å²) in [6.45, 7) is 13.1. The molecule has 1 aromatic heterocycles. The number of carboxylic acids is 1. The number of anilines is 1. The van der Waals surface area contributed by atoms with Crippen molar-refractivity contribution in [3.63, 3.8) is 0 Å². The minimum atomic E-state index is -4.72. The largest absolute Gasteiger partial charge is 0.477 e. The Labute approximate surface area is 252 Å². The van der Waals surface area contributed by atoms with E-state index in [4.69, 9.17) is 4.43 Å². The van der Waals surface area contributed by atoms with E-state index in [1.807, 2.05) is 0 Å². The van der Waals surface area contributed by atoms with Crippen LogP contribution in [0.25, 0.3) is 0 Å². The number of carbonyl (C=O) groups excluding carboxylic acids is 2. The lowest BCUT2D eigenvalue weighted by Gasteiger charge is -2.43. The van der Waals surface area contributed by atoms with Gasteiger partial charge in [-0.3, -0.25) is 9.59 Å². The Kier molecular flexibility index (Phi) is 9.47. The number of carboxylic acid groups (broad SMARTS) is 1. The van der Waals surface area contributed by atoms with Gasteiger partial charge < -0.3 is 14.4 Å². The molecule has 4 rings (SSSR count). The SMILES string of the molecule is CC1CCC(C(=O)N(c2cc(C(=O)C3(C(F)(F)F)CCC3)sc2C(=O)O)C2CCC(O[Si](C)(C)C(C)(C)C)CC2)CC1. The summed E-state index contributed by atoms with van der Waals surface area (Å²) in [5.74, 6) is -2.37. The molecular formula is C31H46F3NO5SSi. The first-order valence-corrected chi connectivity index (χ1v) is 19.1. The molecule has 0 saturated heterocycles. The van der Waals surface area contributed by atoms with Crippen LogP contribution in [0.5, 0.6) is 0 Å². The van der Waals surface area contributed by atoms with Gasteiger partial charge in [-0.05, 0) is 94.3 Å². The van der Waals surface area contributed by atoms with Crippen LogP contribution in [0.4, 0.5) is 18.9 Å². The quantitative estimate of drug-likeness (QED) is 0.229. The summed E-state index contributed by atoms with van der Waals surface area (Å²) in [6.07, 6.45) is 0.790. The zero-order chi connectivity index (χ0) is 31.3. The molecule has 1 heterocycles. The number of amides is 1.